The Labute approximate surface area is 101 Å². The van der Waals surface area contributed by atoms with Gasteiger partial charge in [-0.2, -0.15) is 0 Å². The monoisotopic (exact) mass is 235 g/mol. The smallest absolute Gasteiger partial charge is 0.122 e. The number of benzene rings is 1. The molecule has 0 saturated carbocycles. The van der Waals surface area contributed by atoms with Gasteiger partial charge in [0.25, 0.3) is 0 Å². The molecule has 4 nitrogen and oxygen atoms in total. The first-order valence-electron chi connectivity index (χ1n) is 5.87. The van der Waals surface area contributed by atoms with Crippen molar-refractivity contribution in [1.82, 2.24) is 5.32 Å². The minimum absolute atomic E-state index is 0.188. The van der Waals surface area contributed by atoms with E-state index in [2.05, 4.69) is 5.32 Å². The predicted octanol–water partition coefficient (Wildman–Crippen LogP) is 1.29. The second-order valence-corrected chi connectivity index (χ2v) is 4.69. The lowest BCUT2D eigenvalue weighted by Crippen LogP contribution is -2.37. The van der Waals surface area contributed by atoms with E-state index in [0.717, 1.165) is 36.6 Å². The average molecular weight is 235 g/mol. The van der Waals surface area contributed by atoms with Crippen LogP contribution in [-0.2, 0) is 10.3 Å². The minimum atomic E-state index is -0.188. The highest BCUT2D eigenvalue weighted by Crippen LogP contribution is 2.42. The Morgan fingerprint density at radius 2 is 1.94 bits per heavy atom. The molecule has 0 amide bonds. The van der Waals surface area contributed by atoms with E-state index in [4.69, 9.17) is 14.2 Å². The summed E-state index contributed by atoms with van der Waals surface area (Å²) >= 11 is 0. The molecule has 0 spiro atoms. The van der Waals surface area contributed by atoms with Crippen molar-refractivity contribution in [2.45, 2.75) is 18.1 Å². The van der Waals surface area contributed by atoms with Gasteiger partial charge in [0, 0.05) is 18.7 Å². The maximum absolute atomic E-state index is 5.95. The van der Waals surface area contributed by atoms with Crippen molar-refractivity contribution in [2.75, 3.05) is 27.4 Å². The zero-order chi connectivity index (χ0) is 11.9. The molecule has 4 heteroatoms. The molecule has 2 aliphatic heterocycles. The van der Waals surface area contributed by atoms with Crippen LogP contribution in [0.1, 0.15) is 12.0 Å². The first-order chi connectivity index (χ1) is 8.25. The summed E-state index contributed by atoms with van der Waals surface area (Å²) in [7, 11) is 3.34. The van der Waals surface area contributed by atoms with E-state index in [9.17, 15) is 0 Å². The molecule has 1 aromatic rings. The molecular formula is C13H17NO3. The number of hydrogen-bond donors (Lipinski definition) is 1. The van der Waals surface area contributed by atoms with Gasteiger partial charge in [0.1, 0.15) is 17.1 Å². The van der Waals surface area contributed by atoms with Crippen molar-refractivity contribution in [3.8, 4) is 11.5 Å². The average Bonchev–Trinajstić information content (AvgIpc) is 2.99. The van der Waals surface area contributed by atoms with Crippen LogP contribution in [0.3, 0.4) is 0 Å². The number of methoxy groups -OCH3 is 2. The third-order valence-electron chi connectivity index (χ3n) is 3.69. The molecule has 2 unspecified atom stereocenters. The fourth-order valence-corrected chi connectivity index (χ4v) is 2.71. The van der Waals surface area contributed by atoms with Crippen LogP contribution in [0.2, 0.25) is 0 Å². The van der Waals surface area contributed by atoms with Crippen molar-refractivity contribution in [3.63, 3.8) is 0 Å². The van der Waals surface area contributed by atoms with Crippen molar-refractivity contribution in [3.05, 3.63) is 23.8 Å². The third kappa shape index (κ3) is 1.68. The Morgan fingerprint density at radius 3 is 2.35 bits per heavy atom. The molecule has 2 atom stereocenters. The standard InChI is InChI=1S/C13H17NO3/c1-15-11-3-9(4-12(5-11)16-2)13-6-10(7-17-13)14-8-13/h3-5,10,14H,6-8H2,1-2H3. The Morgan fingerprint density at radius 1 is 1.24 bits per heavy atom. The van der Waals surface area contributed by atoms with Crippen LogP contribution in [-0.4, -0.2) is 33.4 Å². The summed E-state index contributed by atoms with van der Waals surface area (Å²) in [5.74, 6) is 1.63. The molecular weight excluding hydrogens is 218 g/mol. The first kappa shape index (κ1) is 10.9. The van der Waals surface area contributed by atoms with Crippen molar-refractivity contribution in [2.24, 2.45) is 0 Å². The van der Waals surface area contributed by atoms with E-state index in [1.165, 1.54) is 0 Å². The maximum atomic E-state index is 5.95. The van der Waals surface area contributed by atoms with E-state index in [1.807, 2.05) is 18.2 Å². The Kier molecular flexibility index (Phi) is 2.49. The quantitative estimate of drug-likeness (QED) is 0.857. The number of fused-ring (bicyclic) bond motifs is 2. The number of nitrogens with one attached hydrogen (secondary N) is 1. The van der Waals surface area contributed by atoms with E-state index in [1.54, 1.807) is 14.2 Å². The van der Waals surface area contributed by atoms with Crippen LogP contribution in [0, 0.1) is 0 Å². The summed E-state index contributed by atoms with van der Waals surface area (Å²) < 4.78 is 16.6. The molecule has 2 bridgehead atoms. The molecule has 0 radical (unpaired) electrons. The number of morpholine rings is 1. The third-order valence-corrected chi connectivity index (χ3v) is 3.69. The van der Waals surface area contributed by atoms with Crippen LogP contribution in [0.15, 0.2) is 18.2 Å². The topological polar surface area (TPSA) is 39.7 Å². The molecule has 2 heterocycles. The van der Waals surface area contributed by atoms with Gasteiger partial charge in [-0.25, -0.2) is 0 Å². The Hall–Kier alpha value is -1.26. The highest BCUT2D eigenvalue weighted by Gasteiger charge is 2.47. The molecule has 2 fully saturated rings. The van der Waals surface area contributed by atoms with Gasteiger partial charge in [0.05, 0.1) is 20.8 Å². The summed E-state index contributed by atoms with van der Waals surface area (Å²) in [6, 6.07) is 6.46. The predicted molar refractivity (Wildman–Crippen MR) is 63.6 cm³/mol. The van der Waals surface area contributed by atoms with Crippen molar-refractivity contribution >= 4 is 0 Å². The number of hydrogen-bond acceptors (Lipinski definition) is 4. The molecule has 17 heavy (non-hydrogen) atoms. The van der Waals surface area contributed by atoms with Gasteiger partial charge in [-0.1, -0.05) is 0 Å². The summed E-state index contributed by atoms with van der Waals surface area (Å²) in [5.41, 5.74) is 0.952. The summed E-state index contributed by atoms with van der Waals surface area (Å²) in [5, 5.41) is 3.46. The molecule has 92 valence electrons. The summed E-state index contributed by atoms with van der Waals surface area (Å²) in [6.07, 6.45) is 1.03. The summed E-state index contributed by atoms with van der Waals surface area (Å²) in [6.45, 7) is 1.66. The lowest BCUT2D eigenvalue weighted by Gasteiger charge is -2.27. The molecule has 0 aromatic heterocycles. The van der Waals surface area contributed by atoms with Crippen LogP contribution < -0.4 is 14.8 Å². The van der Waals surface area contributed by atoms with Gasteiger partial charge in [-0.15, -0.1) is 0 Å². The highest BCUT2D eigenvalue weighted by molar-refractivity contribution is 5.42. The fraction of sp³-hybridized carbons (Fsp3) is 0.538. The molecule has 2 saturated heterocycles. The van der Waals surface area contributed by atoms with E-state index in [-0.39, 0.29) is 5.60 Å². The van der Waals surface area contributed by atoms with Crippen molar-refractivity contribution < 1.29 is 14.2 Å². The Balaban J connectivity index is 2.01. The molecule has 3 rings (SSSR count). The summed E-state index contributed by atoms with van der Waals surface area (Å²) in [4.78, 5) is 0. The zero-order valence-corrected chi connectivity index (χ0v) is 10.2. The fourth-order valence-electron chi connectivity index (χ4n) is 2.71. The highest BCUT2D eigenvalue weighted by atomic mass is 16.5. The van der Waals surface area contributed by atoms with Gasteiger partial charge in [-0.05, 0) is 24.1 Å². The SMILES string of the molecule is COc1cc(OC)cc(C23CNC(CO2)C3)c1. The number of ether oxygens (including phenoxy) is 3. The minimum Gasteiger partial charge on any atom is -0.497 e. The lowest BCUT2D eigenvalue weighted by molar-refractivity contribution is -0.00983. The van der Waals surface area contributed by atoms with E-state index < -0.39 is 0 Å². The van der Waals surface area contributed by atoms with Crippen molar-refractivity contribution in [1.29, 1.82) is 0 Å². The molecule has 1 N–H and O–H groups in total. The van der Waals surface area contributed by atoms with Gasteiger partial charge < -0.3 is 19.5 Å². The largest absolute Gasteiger partial charge is 0.497 e. The van der Waals surface area contributed by atoms with Crippen LogP contribution in [0.25, 0.3) is 0 Å². The van der Waals surface area contributed by atoms with Gasteiger partial charge >= 0.3 is 0 Å². The van der Waals surface area contributed by atoms with E-state index in [0.29, 0.717) is 6.04 Å². The van der Waals surface area contributed by atoms with Gasteiger partial charge in [0.2, 0.25) is 0 Å². The van der Waals surface area contributed by atoms with E-state index >= 15 is 0 Å². The van der Waals surface area contributed by atoms with Gasteiger partial charge in [-0.3, -0.25) is 0 Å². The lowest BCUT2D eigenvalue weighted by atomic mass is 9.92. The normalized spacial score (nSPS) is 30.6. The maximum Gasteiger partial charge on any atom is 0.122 e. The Bertz CT molecular complexity index is 402. The zero-order valence-electron chi connectivity index (χ0n) is 10.2. The van der Waals surface area contributed by atoms with Crippen LogP contribution in [0.4, 0.5) is 0 Å². The first-order valence-corrected chi connectivity index (χ1v) is 5.87. The second-order valence-electron chi connectivity index (χ2n) is 4.69. The second kappa shape index (κ2) is 3.89. The van der Waals surface area contributed by atoms with Crippen LogP contribution >= 0.6 is 0 Å². The van der Waals surface area contributed by atoms with Gasteiger partial charge in [0.15, 0.2) is 0 Å². The molecule has 1 aromatic carbocycles. The molecule has 0 aliphatic carbocycles. The molecule has 2 aliphatic rings. The number of rotatable bonds is 3. The van der Waals surface area contributed by atoms with Crippen LogP contribution in [0.5, 0.6) is 11.5 Å².